The smallest absolute Gasteiger partial charge is 0.220 e. The van der Waals surface area contributed by atoms with Gasteiger partial charge >= 0.3 is 0 Å². The highest BCUT2D eigenvalue weighted by Crippen LogP contribution is 2.23. The van der Waals surface area contributed by atoms with Gasteiger partial charge in [-0.1, -0.05) is 23.7 Å². The number of hydrogen-bond donors (Lipinski definition) is 2. The third kappa shape index (κ3) is 5.02. The molecule has 110 valence electrons. The van der Waals surface area contributed by atoms with Crippen LogP contribution in [0.5, 0.6) is 5.75 Å². The molecule has 1 aromatic rings. The van der Waals surface area contributed by atoms with Gasteiger partial charge in [0.1, 0.15) is 5.75 Å². The fourth-order valence-corrected chi connectivity index (χ4v) is 2.44. The SMILES string of the molecule is O=C(CCCOc1ccccc1Cl)NC1CCCNC1. The van der Waals surface area contributed by atoms with Crippen molar-refractivity contribution in [3.05, 3.63) is 29.3 Å². The average Bonchev–Trinajstić information content (AvgIpc) is 2.46. The molecule has 5 heteroatoms. The predicted octanol–water partition coefficient (Wildman–Crippen LogP) is 2.37. The fraction of sp³-hybridized carbons (Fsp3) is 0.533. The Morgan fingerprint density at radius 2 is 2.30 bits per heavy atom. The molecular weight excluding hydrogens is 276 g/mol. The molecular formula is C15H21ClN2O2. The molecule has 2 rings (SSSR count). The minimum absolute atomic E-state index is 0.0986. The molecule has 0 radical (unpaired) electrons. The monoisotopic (exact) mass is 296 g/mol. The van der Waals surface area contributed by atoms with Gasteiger partial charge in [0.15, 0.2) is 0 Å². The van der Waals surface area contributed by atoms with Crippen LogP contribution in [0.15, 0.2) is 24.3 Å². The number of benzene rings is 1. The third-order valence-corrected chi connectivity index (χ3v) is 3.62. The van der Waals surface area contributed by atoms with Gasteiger partial charge < -0.3 is 15.4 Å². The van der Waals surface area contributed by atoms with Crippen LogP contribution in [0.2, 0.25) is 5.02 Å². The second-order valence-electron chi connectivity index (χ2n) is 4.99. The number of halogens is 1. The molecule has 4 nitrogen and oxygen atoms in total. The summed E-state index contributed by atoms with van der Waals surface area (Å²) >= 11 is 5.98. The van der Waals surface area contributed by atoms with Crippen molar-refractivity contribution in [2.45, 2.75) is 31.7 Å². The molecule has 0 aromatic heterocycles. The number of hydrogen-bond acceptors (Lipinski definition) is 3. The number of ether oxygens (including phenoxy) is 1. The highest BCUT2D eigenvalue weighted by molar-refractivity contribution is 6.32. The molecule has 1 aromatic carbocycles. The molecule has 1 atom stereocenters. The summed E-state index contributed by atoms with van der Waals surface area (Å²) in [4.78, 5) is 11.8. The Morgan fingerprint density at radius 3 is 3.05 bits per heavy atom. The molecule has 0 spiro atoms. The number of para-hydroxylation sites is 1. The van der Waals surface area contributed by atoms with E-state index in [2.05, 4.69) is 10.6 Å². The van der Waals surface area contributed by atoms with Crippen molar-refractivity contribution >= 4 is 17.5 Å². The lowest BCUT2D eigenvalue weighted by molar-refractivity contribution is -0.122. The van der Waals surface area contributed by atoms with Gasteiger partial charge in [0, 0.05) is 19.0 Å². The highest BCUT2D eigenvalue weighted by atomic mass is 35.5. The first-order valence-electron chi connectivity index (χ1n) is 7.13. The Kier molecular flexibility index (Phi) is 6.15. The molecule has 0 aliphatic carbocycles. The number of piperidine rings is 1. The van der Waals surface area contributed by atoms with Gasteiger partial charge in [-0.05, 0) is 37.9 Å². The number of nitrogens with one attached hydrogen (secondary N) is 2. The Bertz CT molecular complexity index is 434. The molecule has 1 saturated heterocycles. The van der Waals surface area contributed by atoms with E-state index in [9.17, 15) is 4.79 Å². The topological polar surface area (TPSA) is 50.4 Å². The molecule has 0 saturated carbocycles. The second-order valence-corrected chi connectivity index (χ2v) is 5.40. The van der Waals surface area contributed by atoms with E-state index in [0.29, 0.717) is 30.2 Å². The van der Waals surface area contributed by atoms with Gasteiger partial charge in [-0.2, -0.15) is 0 Å². The summed E-state index contributed by atoms with van der Waals surface area (Å²) in [6.45, 7) is 2.43. The Balaban J connectivity index is 1.60. The number of amides is 1. The van der Waals surface area contributed by atoms with Crippen molar-refractivity contribution in [1.29, 1.82) is 0 Å². The lowest BCUT2D eigenvalue weighted by Gasteiger charge is -2.23. The minimum Gasteiger partial charge on any atom is -0.492 e. The van der Waals surface area contributed by atoms with Crippen LogP contribution in [-0.4, -0.2) is 31.6 Å². The first kappa shape index (κ1) is 15.1. The zero-order valence-corrected chi connectivity index (χ0v) is 12.3. The maximum Gasteiger partial charge on any atom is 0.220 e. The normalized spacial score (nSPS) is 18.6. The summed E-state index contributed by atoms with van der Waals surface area (Å²) in [5, 5.41) is 6.93. The first-order chi connectivity index (χ1) is 9.75. The van der Waals surface area contributed by atoms with E-state index in [0.717, 1.165) is 25.9 Å². The Hall–Kier alpha value is -1.26. The van der Waals surface area contributed by atoms with Gasteiger partial charge in [0.2, 0.25) is 5.91 Å². The number of rotatable bonds is 6. The van der Waals surface area contributed by atoms with E-state index in [1.807, 2.05) is 18.2 Å². The van der Waals surface area contributed by atoms with E-state index in [1.165, 1.54) is 0 Å². The summed E-state index contributed by atoms with van der Waals surface area (Å²) in [6.07, 6.45) is 3.37. The molecule has 1 amide bonds. The van der Waals surface area contributed by atoms with E-state index in [-0.39, 0.29) is 11.9 Å². The second kappa shape index (κ2) is 8.12. The molecule has 0 bridgehead atoms. The fourth-order valence-electron chi connectivity index (χ4n) is 2.25. The van der Waals surface area contributed by atoms with Crippen LogP contribution in [0.25, 0.3) is 0 Å². The zero-order valence-electron chi connectivity index (χ0n) is 11.5. The highest BCUT2D eigenvalue weighted by Gasteiger charge is 2.14. The van der Waals surface area contributed by atoms with Crippen molar-refractivity contribution in [3.8, 4) is 5.75 Å². The van der Waals surface area contributed by atoms with Crippen LogP contribution < -0.4 is 15.4 Å². The third-order valence-electron chi connectivity index (χ3n) is 3.30. The number of carbonyl (C=O) groups excluding carboxylic acids is 1. The molecule has 1 heterocycles. The lowest BCUT2D eigenvalue weighted by Crippen LogP contribution is -2.45. The van der Waals surface area contributed by atoms with Crippen LogP contribution in [0.1, 0.15) is 25.7 Å². The molecule has 1 fully saturated rings. The van der Waals surface area contributed by atoms with Crippen LogP contribution in [0.3, 0.4) is 0 Å². The van der Waals surface area contributed by atoms with Gasteiger partial charge in [0.25, 0.3) is 0 Å². The van der Waals surface area contributed by atoms with Crippen molar-refractivity contribution in [2.75, 3.05) is 19.7 Å². The van der Waals surface area contributed by atoms with Crippen LogP contribution in [0, 0.1) is 0 Å². The van der Waals surface area contributed by atoms with Gasteiger partial charge in [-0.15, -0.1) is 0 Å². The van der Waals surface area contributed by atoms with E-state index in [1.54, 1.807) is 6.07 Å². The minimum atomic E-state index is 0.0986. The summed E-state index contributed by atoms with van der Waals surface area (Å²) < 4.78 is 5.55. The molecule has 1 aliphatic heterocycles. The van der Waals surface area contributed by atoms with Gasteiger partial charge in [-0.3, -0.25) is 4.79 Å². The standard InChI is InChI=1S/C15H21ClN2O2/c16-13-6-1-2-7-14(13)20-10-4-8-15(19)18-12-5-3-9-17-11-12/h1-2,6-7,12,17H,3-5,8-11H2,(H,18,19). The maximum absolute atomic E-state index is 11.8. The average molecular weight is 297 g/mol. The van der Waals surface area contributed by atoms with Crippen molar-refractivity contribution < 1.29 is 9.53 Å². The zero-order chi connectivity index (χ0) is 14.2. The van der Waals surface area contributed by atoms with E-state index in [4.69, 9.17) is 16.3 Å². The molecule has 1 aliphatic rings. The predicted molar refractivity (Wildman–Crippen MR) is 80.2 cm³/mol. The van der Waals surface area contributed by atoms with Crippen LogP contribution in [-0.2, 0) is 4.79 Å². The van der Waals surface area contributed by atoms with E-state index < -0.39 is 0 Å². The summed E-state index contributed by atoms with van der Waals surface area (Å²) in [6, 6.07) is 7.64. The first-order valence-corrected chi connectivity index (χ1v) is 7.51. The van der Waals surface area contributed by atoms with Crippen molar-refractivity contribution in [3.63, 3.8) is 0 Å². The lowest BCUT2D eigenvalue weighted by atomic mass is 10.1. The number of carbonyl (C=O) groups is 1. The van der Waals surface area contributed by atoms with Gasteiger partial charge in [-0.25, -0.2) is 0 Å². The summed E-state index contributed by atoms with van der Waals surface area (Å²) in [5.74, 6) is 0.771. The van der Waals surface area contributed by atoms with Crippen LogP contribution >= 0.6 is 11.6 Å². The largest absolute Gasteiger partial charge is 0.492 e. The summed E-state index contributed by atoms with van der Waals surface area (Å²) in [5.41, 5.74) is 0. The molecule has 20 heavy (non-hydrogen) atoms. The maximum atomic E-state index is 11.8. The quantitative estimate of drug-likeness (QED) is 0.793. The Labute approximate surface area is 124 Å². The molecule has 1 unspecified atom stereocenters. The molecule has 2 N–H and O–H groups in total. The van der Waals surface area contributed by atoms with Crippen molar-refractivity contribution in [2.24, 2.45) is 0 Å². The van der Waals surface area contributed by atoms with E-state index >= 15 is 0 Å². The van der Waals surface area contributed by atoms with Crippen LogP contribution in [0.4, 0.5) is 0 Å². The van der Waals surface area contributed by atoms with Crippen molar-refractivity contribution in [1.82, 2.24) is 10.6 Å². The van der Waals surface area contributed by atoms with Gasteiger partial charge in [0.05, 0.1) is 11.6 Å². The Morgan fingerprint density at radius 1 is 1.45 bits per heavy atom. The summed E-state index contributed by atoms with van der Waals surface area (Å²) in [7, 11) is 0.